The Morgan fingerprint density at radius 3 is 2.33 bits per heavy atom. The van der Waals surface area contributed by atoms with Gasteiger partial charge >= 0.3 is 6.18 Å². The van der Waals surface area contributed by atoms with Crippen molar-refractivity contribution in [3.63, 3.8) is 0 Å². The van der Waals surface area contributed by atoms with Crippen molar-refractivity contribution < 1.29 is 18.0 Å². The van der Waals surface area contributed by atoms with Crippen molar-refractivity contribution in [2.45, 2.75) is 6.18 Å². The van der Waals surface area contributed by atoms with E-state index in [9.17, 15) is 18.0 Å². The van der Waals surface area contributed by atoms with Crippen LogP contribution in [0.1, 0.15) is 15.9 Å². The number of nitrogens with two attached hydrogens (primary N) is 1. The third-order valence-corrected chi connectivity index (χ3v) is 2.48. The van der Waals surface area contributed by atoms with Gasteiger partial charge in [-0.25, -0.2) is 4.98 Å². The molecule has 0 spiro atoms. The molecule has 0 radical (unpaired) electrons. The molecule has 1 aromatic rings. The predicted octanol–water partition coefficient (Wildman–Crippen LogP) is 2.72. The molecule has 0 atom stereocenters. The number of alkyl halides is 3. The van der Waals surface area contributed by atoms with Gasteiger partial charge in [0, 0.05) is 0 Å². The minimum absolute atomic E-state index is 0.0355. The van der Waals surface area contributed by atoms with Crippen LogP contribution in [0.5, 0.6) is 0 Å². The van der Waals surface area contributed by atoms with Crippen LogP contribution < -0.4 is 5.73 Å². The number of halogens is 5. The first-order valence-corrected chi connectivity index (χ1v) is 5.05. The standard InChI is InChI=1S/C7H3Br2F3N2O/c8-3-1-2(7(10,11)12)4(6(13)15)5(9)14-3/h1H,(H2,13,15). The second-order valence-electron chi connectivity index (χ2n) is 2.52. The molecule has 0 aliphatic carbocycles. The van der Waals surface area contributed by atoms with Gasteiger partial charge in [-0.3, -0.25) is 4.79 Å². The molecule has 0 saturated carbocycles. The third kappa shape index (κ3) is 2.69. The largest absolute Gasteiger partial charge is 0.417 e. The molecule has 0 fully saturated rings. The lowest BCUT2D eigenvalue weighted by molar-refractivity contribution is -0.138. The Hall–Kier alpha value is -0.630. The summed E-state index contributed by atoms with van der Waals surface area (Å²) in [7, 11) is 0. The number of amides is 1. The number of carbonyl (C=O) groups excluding carboxylic acids is 1. The second-order valence-corrected chi connectivity index (χ2v) is 4.08. The van der Waals surface area contributed by atoms with E-state index in [0.29, 0.717) is 6.07 Å². The summed E-state index contributed by atoms with van der Waals surface area (Å²) in [5.74, 6) is -1.19. The number of primary amides is 1. The van der Waals surface area contributed by atoms with E-state index in [-0.39, 0.29) is 9.21 Å². The van der Waals surface area contributed by atoms with Gasteiger partial charge in [-0.1, -0.05) is 0 Å². The number of hydrogen-bond acceptors (Lipinski definition) is 2. The summed E-state index contributed by atoms with van der Waals surface area (Å²) in [4.78, 5) is 14.4. The van der Waals surface area contributed by atoms with Crippen LogP contribution in [0.2, 0.25) is 0 Å². The van der Waals surface area contributed by atoms with Crippen molar-refractivity contribution in [1.82, 2.24) is 4.98 Å². The molecule has 0 aromatic carbocycles. The van der Waals surface area contributed by atoms with Crippen LogP contribution in [0.3, 0.4) is 0 Å². The molecule has 1 amide bonds. The first kappa shape index (κ1) is 12.4. The molecule has 1 aromatic heterocycles. The van der Waals surface area contributed by atoms with E-state index in [1.165, 1.54) is 0 Å². The highest BCUT2D eigenvalue weighted by Crippen LogP contribution is 2.35. The fourth-order valence-corrected chi connectivity index (χ4v) is 2.19. The van der Waals surface area contributed by atoms with Crippen LogP contribution in [0, 0.1) is 0 Å². The van der Waals surface area contributed by atoms with E-state index < -0.39 is 23.2 Å². The molecule has 15 heavy (non-hydrogen) atoms. The van der Waals surface area contributed by atoms with Crippen molar-refractivity contribution in [2.24, 2.45) is 5.73 Å². The Kier molecular flexibility index (Phi) is 3.39. The van der Waals surface area contributed by atoms with Gasteiger partial charge in [-0.2, -0.15) is 13.2 Å². The third-order valence-electron chi connectivity index (χ3n) is 1.50. The molecule has 2 N–H and O–H groups in total. The van der Waals surface area contributed by atoms with E-state index >= 15 is 0 Å². The average molecular weight is 348 g/mol. The number of hydrogen-bond donors (Lipinski definition) is 1. The van der Waals surface area contributed by atoms with E-state index in [1.807, 2.05) is 0 Å². The zero-order valence-electron chi connectivity index (χ0n) is 6.90. The average Bonchev–Trinajstić information content (AvgIpc) is 1.99. The number of aromatic nitrogens is 1. The maximum Gasteiger partial charge on any atom is 0.417 e. The maximum atomic E-state index is 12.5. The van der Waals surface area contributed by atoms with Crippen LogP contribution in [-0.4, -0.2) is 10.9 Å². The molecule has 1 rings (SSSR count). The minimum Gasteiger partial charge on any atom is -0.366 e. The molecule has 0 bridgehead atoms. The van der Waals surface area contributed by atoms with Crippen molar-refractivity contribution in [1.29, 1.82) is 0 Å². The monoisotopic (exact) mass is 346 g/mol. The summed E-state index contributed by atoms with van der Waals surface area (Å²) >= 11 is 5.54. The van der Waals surface area contributed by atoms with Gasteiger partial charge in [0.15, 0.2) is 0 Å². The summed E-state index contributed by atoms with van der Waals surface area (Å²) in [6.07, 6.45) is -4.65. The van der Waals surface area contributed by atoms with Crippen molar-refractivity contribution in [3.05, 3.63) is 26.4 Å². The van der Waals surface area contributed by atoms with Crippen LogP contribution in [0.25, 0.3) is 0 Å². The quantitative estimate of drug-likeness (QED) is 0.794. The molecule has 82 valence electrons. The zero-order valence-corrected chi connectivity index (χ0v) is 10.1. The zero-order chi connectivity index (χ0) is 11.8. The second kappa shape index (κ2) is 4.09. The van der Waals surface area contributed by atoms with Crippen molar-refractivity contribution >= 4 is 37.8 Å². The van der Waals surface area contributed by atoms with Crippen molar-refractivity contribution in [2.75, 3.05) is 0 Å². The Labute approximate surface area is 99.1 Å². The SMILES string of the molecule is NC(=O)c1c(C(F)(F)F)cc(Br)nc1Br. The highest BCUT2D eigenvalue weighted by molar-refractivity contribution is 9.11. The van der Waals surface area contributed by atoms with Gasteiger partial charge in [0.1, 0.15) is 9.21 Å². The van der Waals surface area contributed by atoms with Crippen LogP contribution in [0.4, 0.5) is 13.2 Å². The molecular formula is C7H3Br2F3N2O. The number of rotatable bonds is 1. The summed E-state index contributed by atoms with van der Waals surface area (Å²) in [5, 5.41) is 0. The summed E-state index contributed by atoms with van der Waals surface area (Å²) < 4.78 is 37.2. The first-order valence-electron chi connectivity index (χ1n) is 3.46. The lowest BCUT2D eigenvalue weighted by atomic mass is 10.1. The van der Waals surface area contributed by atoms with Crippen LogP contribution in [-0.2, 0) is 6.18 Å². The summed E-state index contributed by atoms with van der Waals surface area (Å²) in [5.41, 5.74) is 3.04. The predicted molar refractivity (Wildman–Crippen MR) is 53.2 cm³/mol. The Bertz CT molecular complexity index is 419. The van der Waals surface area contributed by atoms with E-state index in [1.54, 1.807) is 0 Å². The molecule has 3 nitrogen and oxygen atoms in total. The van der Waals surface area contributed by atoms with E-state index in [0.717, 1.165) is 0 Å². The number of pyridine rings is 1. The normalized spacial score (nSPS) is 11.5. The van der Waals surface area contributed by atoms with Gasteiger partial charge < -0.3 is 5.73 Å². The maximum absolute atomic E-state index is 12.5. The molecule has 8 heteroatoms. The molecule has 0 aliphatic rings. The molecule has 0 unspecified atom stereocenters. The lowest BCUT2D eigenvalue weighted by Gasteiger charge is -2.11. The van der Waals surface area contributed by atoms with Gasteiger partial charge in [0.05, 0.1) is 11.1 Å². The highest BCUT2D eigenvalue weighted by atomic mass is 79.9. The van der Waals surface area contributed by atoms with Gasteiger partial charge in [-0.15, -0.1) is 0 Å². The Balaban J connectivity index is 3.54. The van der Waals surface area contributed by atoms with Gasteiger partial charge in [0.2, 0.25) is 0 Å². The molecular weight excluding hydrogens is 345 g/mol. The summed E-state index contributed by atoms with van der Waals surface area (Å²) in [6, 6.07) is 0.699. The number of nitrogens with zero attached hydrogens (tertiary/aromatic N) is 1. The molecule has 0 aliphatic heterocycles. The van der Waals surface area contributed by atoms with Crippen molar-refractivity contribution in [3.8, 4) is 0 Å². The Morgan fingerprint density at radius 1 is 1.40 bits per heavy atom. The highest BCUT2D eigenvalue weighted by Gasteiger charge is 2.36. The first-order chi connectivity index (χ1) is 6.73. The lowest BCUT2D eigenvalue weighted by Crippen LogP contribution is -2.20. The topological polar surface area (TPSA) is 56.0 Å². The van der Waals surface area contributed by atoms with Crippen LogP contribution in [0.15, 0.2) is 15.3 Å². The fourth-order valence-electron chi connectivity index (χ4n) is 0.942. The minimum atomic E-state index is -4.65. The molecule has 1 heterocycles. The summed E-state index contributed by atoms with van der Waals surface area (Å²) in [6.45, 7) is 0. The Morgan fingerprint density at radius 2 is 1.93 bits per heavy atom. The van der Waals surface area contributed by atoms with Crippen LogP contribution >= 0.6 is 31.9 Å². The van der Waals surface area contributed by atoms with Gasteiger partial charge in [0.25, 0.3) is 5.91 Å². The van der Waals surface area contributed by atoms with E-state index in [2.05, 4.69) is 36.8 Å². The molecule has 0 saturated heterocycles. The van der Waals surface area contributed by atoms with E-state index in [4.69, 9.17) is 5.73 Å². The fraction of sp³-hybridized carbons (Fsp3) is 0.143. The smallest absolute Gasteiger partial charge is 0.366 e. The van der Waals surface area contributed by atoms with Gasteiger partial charge in [-0.05, 0) is 37.9 Å². The number of carbonyl (C=O) groups is 1.